The Bertz CT molecular complexity index is 981. The molecule has 5 nitrogen and oxygen atoms in total. The van der Waals surface area contributed by atoms with Crippen LogP contribution in [0.4, 0.5) is 0 Å². The van der Waals surface area contributed by atoms with Gasteiger partial charge in [0.25, 0.3) is 0 Å². The van der Waals surface area contributed by atoms with Gasteiger partial charge < -0.3 is 19.4 Å². The SMILES string of the molecule is CCCCOc1ccc(-c2cc(C(=O)[O-])c3cccc(C)c3n2)cc1OC. The molecule has 2 aromatic carbocycles. The van der Waals surface area contributed by atoms with Crippen LogP contribution in [-0.2, 0) is 0 Å². The van der Waals surface area contributed by atoms with E-state index in [0.717, 1.165) is 24.0 Å². The zero-order valence-corrected chi connectivity index (χ0v) is 15.7. The van der Waals surface area contributed by atoms with Crippen LogP contribution in [0.25, 0.3) is 22.2 Å². The molecule has 3 rings (SSSR count). The minimum absolute atomic E-state index is 0.126. The summed E-state index contributed by atoms with van der Waals surface area (Å²) in [6.07, 6.45) is 2.01. The van der Waals surface area contributed by atoms with Crippen LogP contribution in [0, 0.1) is 6.92 Å². The number of aromatic nitrogens is 1. The lowest BCUT2D eigenvalue weighted by atomic mass is 10.0. The second kappa shape index (κ2) is 8.08. The number of ether oxygens (including phenoxy) is 2. The molecular weight excluding hydrogens is 342 g/mol. The predicted octanol–water partition coefficient (Wildman–Crippen LogP) is 3.76. The van der Waals surface area contributed by atoms with E-state index in [1.54, 1.807) is 19.2 Å². The number of methoxy groups -OCH3 is 1. The van der Waals surface area contributed by atoms with Crippen LogP contribution >= 0.6 is 0 Å². The van der Waals surface area contributed by atoms with Crippen molar-refractivity contribution in [2.75, 3.05) is 13.7 Å². The molecule has 0 saturated carbocycles. The number of pyridine rings is 1. The van der Waals surface area contributed by atoms with Crippen molar-refractivity contribution >= 4 is 16.9 Å². The molecule has 0 N–H and O–H groups in total. The molecule has 0 fully saturated rings. The Balaban J connectivity index is 2.09. The summed E-state index contributed by atoms with van der Waals surface area (Å²) in [6.45, 7) is 4.63. The van der Waals surface area contributed by atoms with Crippen LogP contribution in [0.3, 0.4) is 0 Å². The van der Waals surface area contributed by atoms with Crippen molar-refractivity contribution in [3.05, 3.63) is 53.6 Å². The highest BCUT2D eigenvalue weighted by Crippen LogP contribution is 2.33. The minimum atomic E-state index is -1.22. The Morgan fingerprint density at radius 3 is 2.67 bits per heavy atom. The van der Waals surface area contributed by atoms with Gasteiger partial charge in [-0.1, -0.05) is 31.5 Å². The summed E-state index contributed by atoms with van der Waals surface area (Å²) in [6, 6.07) is 12.5. The van der Waals surface area contributed by atoms with Crippen molar-refractivity contribution in [3.63, 3.8) is 0 Å². The van der Waals surface area contributed by atoms with Gasteiger partial charge in [0.05, 0.1) is 30.9 Å². The number of unbranched alkanes of at least 4 members (excludes halogenated alkanes) is 1. The van der Waals surface area contributed by atoms with Crippen LogP contribution in [0.1, 0.15) is 35.7 Å². The maximum absolute atomic E-state index is 11.7. The lowest BCUT2D eigenvalue weighted by Crippen LogP contribution is -2.22. The highest BCUT2D eigenvalue weighted by atomic mass is 16.5. The Labute approximate surface area is 158 Å². The third kappa shape index (κ3) is 3.87. The molecule has 0 radical (unpaired) electrons. The number of fused-ring (bicyclic) bond motifs is 1. The monoisotopic (exact) mass is 364 g/mol. The molecule has 1 aromatic heterocycles. The number of hydrogen-bond donors (Lipinski definition) is 0. The van der Waals surface area contributed by atoms with Crippen LogP contribution < -0.4 is 14.6 Å². The fourth-order valence-corrected chi connectivity index (χ4v) is 2.98. The molecule has 0 atom stereocenters. The molecule has 0 aliphatic heterocycles. The molecule has 0 aliphatic rings. The number of carbonyl (C=O) groups is 1. The van der Waals surface area contributed by atoms with Crippen LogP contribution in [0.2, 0.25) is 0 Å². The van der Waals surface area contributed by atoms with Gasteiger partial charge in [-0.25, -0.2) is 4.98 Å². The van der Waals surface area contributed by atoms with Gasteiger partial charge in [-0.2, -0.15) is 0 Å². The van der Waals surface area contributed by atoms with Gasteiger partial charge in [-0.3, -0.25) is 0 Å². The summed E-state index contributed by atoms with van der Waals surface area (Å²) in [7, 11) is 1.58. The molecule has 1 heterocycles. The van der Waals surface area contributed by atoms with Gasteiger partial charge in [0.15, 0.2) is 11.5 Å². The third-order valence-corrected chi connectivity index (χ3v) is 4.48. The van der Waals surface area contributed by atoms with Gasteiger partial charge in [0.2, 0.25) is 0 Å². The fraction of sp³-hybridized carbons (Fsp3) is 0.273. The molecule has 0 spiro atoms. The van der Waals surface area contributed by atoms with Crippen molar-refractivity contribution in [2.45, 2.75) is 26.7 Å². The lowest BCUT2D eigenvalue weighted by molar-refractivity contribution is -0.254. The molecule has 140 valence electrons. The quantitative estimate of drug-likeness (QED) is 0.597. The first-order valence-corrected chi connectivity index (χ1v) is 8.98. The zero-order valence-electron chi connectivity index (χ0n) is 15.7. The number of aromatic carboxylic acids is 1. The van der Waals surface area contributed by atoms with Gasteiger partial charge in [0, 0.05) is 16.5 Å². The molecular formula is C22H22NO4-. The molecule has 5 heteroatoms. The standard InChI is InChI=1S/C22H23NO4/c1-4-5-11-27-19-10-9-15(12-20(19)26-3)18-13-17(22(24)25)16-8-6-7-14(2)21(16)23-18/h6-10,12-13H,4-5,11H2,1-3H3,(H,24,25)/p-1. The number of carboxylic acid groups (broad SMARTS) is 1. The van der Waals surface area contributed by atoms with E-state index in [-0.39, 0.29) is 5.56 Å². The summed E-state index contributed by atoms with van der Waals surface area (Å²) in [5.74, 6) is 0.0258. The van der Waals surface area contributed by atoms with E-state index in [4.69, 9.17) is 9.47 Å². The second-order valence-corrected chi connectivity index (χ2v) is 6.38. The first-order valence-electron chi connectivity index (χ1n) is 8.98. The van der Waals surface area contributed by atoms with Gasteiger partial charge in [0.1, 0.15) is 0 Å². The van der Waals surface area contributed by atoms with E-state index in [9.17, 15) is 9.90 Å². The van der Waals surface area contributed by atoms with E-state index in [0.29, 0.717) is 34.7 Å². The summed E-state index contributed by atoms with van der Waals surface area (Å²) in [5.41, 5.74) is 2.98. The minimum Gasteiger partial charge on any atom is -0.545 e. The predicted molar refractivity (Wildman–Crippen MR) is 103 cm³/mol. The highest BCUT2D eigenvalue weighted by Gasteiger charge is 2.12. The summed E-state index contributed by atoms with van der Waals surface area (Å²) in [5, 5.41) is 12.2. The molecule has 3 aromatic rings. The summed E-state index contributed by atoms with van der Waals surface area (Å²) < 4.78 is 11.2. The molecule has 0 aliphatic carbocycles. The first kappa shape index (κ1) is 18.7. The number of nitrogens with zero attached hydrogens (tertiary/aromatic N) is 1. The Morgan fingerprint density at radius 1 is 1.15 bits per heavy atom. The normalized spacial score (nSPS) is 10.8. The molecule has 0 bridgehead atoms. The Hall–Kier alpha value is -3.08. The van der Waals surface area contributed by atoms with Gasteiger partial charge in [-0.15, -0.1) is 0 Å². The molecule has 0 amide bonds. The van der Waals surface area contributed by atoms with Crippen molar-refractivity contribution in [1.82, 2.24) is 4.98 Å². The van der Waals surface area contributed by atoms with E-state index >= 15 is 0 Å². The van der Waals surface area contributed by atoms with E-state index in [1.165, 1.54) is 0 Å². The Morgan fingerprint density at radius 2 is 1.96 bits per heavy atom. The maximum atomic E-state index is 11.7. The molecule has 0 saturated heterocycles. The smallest absolute Gasteiger partial charge is 0.161 e. The number of aryl methyl sites for hydroxylation is 1. The van der Waals surface area contributed by atoms with E-state index < -0.39 is 5.97 Å². The topological polar surface area (TPSA) is 71.5 Å². The largest absolute Gasteiger partial charge is 0.545 e. The van der Waals surface area contributed by atoms with E-state index in [2.05, 4.69) is 11.9 Å². The van der Waals surface area contributed by atoms with Crippen molar-refractivity contribution in [2.24, 2.45) is 0 Å². The number of rotatable bonds is 7. The summed E-state index contributed by atoms with van der Waals surface area (Å²) >= 11 is 0. The molecule has 27 heavy (non-hydrogen) atoms. The number of para-hydroxylation sites is 1. The van der Waals surface area contributed by atoms with Crippen LogP contribution in [-0.4, -0.2) is 24.7 Å². The average Bonchev–Trinajstić information content (AvgIpc) is 2.68. The number of carbonyl (C=O) groups excluding carboxylic acids is 1. The Kier molecular flexibility index (Phi) is 5.60. The van der Waals surface area contributed by atoms with Crippen LogP contribution in [0.5, 0.6) is 11.5 Å². The fourth-order valence-electron chi connectivity index (χ4n) is 2.98. The number of benzene rings is 2. The number of hydrogen-bond acceptors (Lipinski definition) is 5. The van der Waals surface area contributed by atoms with Crippen LogP contribution in [0.15, 0.2) is 42.5 Å². The first-order chi connectivity index (χ1) is 13.0. The lowest BCUT2D eigenvalue weighted by Gasteiger charge is -2.14. The van der Waals surface area contributed by atoms with Crippen molar-refractivity contribution in [3.8, 4) is 22.8 Å². The average molecular weight is 364 g/mol. The van der Waals surface area contributed by atoms with Gasteiger partial charge >= 0.3 is 0 Å². The molecule has 0 unspecified atom stereocenters. The maximum Gasteiger partial charge on any atom is 0.161 e. The second-order valence-electron chi connectivity index (χ2n) is 6.38. The summed E-state index contributed by atoms with van der Waals surface area (Å²) in [4.78, 5) is 16.3. The van der Waals surface area contributed by atoms with Crippen molar-refractivity contribution in [1.29, 1.82) is 0 Å². The van der Waals surface area contributed by atoms with E-state index in [1.807, 2.05) is 37.3 Å². The van der Waals surface area contributed by atoms with Gasteiger partial charge in [-0.05, 0) is 43.2 Å². The highest BCUT2D eigenvalue weighted by molar-refractivity contribution is 6.03. The number of carboxylic acids is 1. The van der Waals surface area contributed by atoms with Crippen molar-refractivity contribution < 1.29 is 19.4 Å². The third-order valence-electron chi connectivity index (χ3n) is 4.48. The zero-order chi connectivity index (χ0) is 19.4.